The number of halogens is 2. The van der Waals surface area contributed by atoms with Gasteiger partial charge in [0.1, 0.15) is 17.4 Å². The summed E-state index contributed by atoms with van der Waals surface area (Å²) >= 11 is 0. The summed E-state index contributed by atoms with van der Waals surface area (Å²) < 4.78 is 33.7. The lowest BCUT2D eigenvalue weighted by atomic mass is 9.78. The fourth-order valence-electron chi connectivity index (χ4n) is 5.17. The molecule has 0 aliphatic heterocycles. The second-order valence-corrected chi connectivity index (χ2v) is 9.84. The highest BCUT2D eigenvalue weighted by Gasteiger charge is 2.29. The van der Waals surface area contributed by atoms with Gasteiger partial charge in [-0.05, 0) is 67.1 Å². The van der Waals surface area contributed by atoms with Crippen molar-refractivity contribution in [2.75, 3.05) is 0 Å². The van der Waals surface area contributed by atoms with Crippen molar-refractivity contribution in [2.24, 2.45) is 5.92 Å². The van der Waals surface area contributed by atoms with Gasteiger partial charge >= 0.3 is 5.97 Å². The first-order valence-corrected chi connectivity index (χ1v) is 12.8. The van der Waals surface area contributed by atoms with Crippen LogP contribution in [0.5, 0.6) is 5.75 Å². The second-order valence-electron chi connectivity index (χ2n) is 9.84. The van der Waals surface area contributed by atoms with Crippen molar-refractivity contribution in [3.8, 4) is 5.75 Å². The lowest BCUT2D eigenvalue weighted by Gasteiger charge is -2.27. The SMILES string of the molecule is CCCc1c(F)cc(OC(=O)C2CCC(c3ccc(CC(C)c4ccccc4)cc3)CC2)cc1F. The maximum absolute atomic E-state index is 14.2. The molecule has 3 aromatic rings. The molecular formula is C31H34F2O2. The molecule has 0 aromatic heterocycles. The Kier molecular flexibility index (Phi) is 8.33. The summed E-state index contributed by atoms with van der Waals surface area (Å²) in [6, 6.07) is 21.7. The summed E-state index contributed by atoms with van der Waals surface area (Å²) in [4.78, 5) is 12.6. The lowest BCUT2D eigenvalue weighted by molar-refractivity contribution is -0.140. The van der Waals surface area contributed by atoms with Gasteiger partial charge in [-0.25, -0.2) is 8.78 Å². The number of benzene rings is 3. The highest BCUT2D eigenvalue weighted by Crippen LogP contribution is 2.37. The van der Waals surface area contributed by atoms with E-state index in [4.69, 9.17) is 4.74 Å². The van der Waals surface area contributed by atoms with Crippen LogP contribution in [0.25, 0.3) is 0 Å². The van der Waals surface area contributed by atoms with E-state index in [1.165, 1.54) is 16.7 Å². The highest BCUT2D eigenvalue weighted by molar-refractivity contribution is 5.75. The smallest absolute Gasteiger partial charge is 0.314 e. The Balaban J connectivity index is 1.29. The molecule has 1 saturated carbocycles. The van der Waals surface area contributed by atoms with E-state index in [0.717, 1.165) is 44.2 Å². The van der Waals surface area contributed by atoms with Crippen molar-refractivity contribution in [1.82, 2.24) is 0 Å². The van der Waals surface area contributed by atoms with E-state index in [0.29, 0.717) is 24.7 Å². The maximum Gasteiger partial charge on any atom is 0.314 e. The quantitative estimate of drug-likeness (QED) is 0.242. The largest absolute Gasteiger partial charge is 0.426 e. The molecular weight excluding hydrogens is 442 g/mol. The molecule has 3 aromatic carbocycles. The molecule has 35 heavy (non-hydrogen) atoms. The Morgan fingerprint density at radius 2 is 1.57 bits per heavy atom. The predicted octanol–water partition coefficient (Wildman–Crippen LogP) is 8.14. The van der Waals surface area contributed by atoms with Crippen LogP contribution in [0, 0.1) is 17.6 Å². The molecule has 1 fully saturated rings. The van der Waals surface area contributed by atoms with Crippen LogP contribution >= 0.6 is 0 Å². The second kappa shape index (κ2) is 11.6. The third-order valence-corrected chi connectivity index (χ3v) is 7.26. The van der Waals surface area contributed by atoms with Crippen molar-refractivity contribution in [1.29, 1.82) is 0 Å². The standard InChI is InChI=1S/C31H34F2O2/c1-3-7-28-29(32)19-27(20-30(28)33)35-31(34)26-16-14-25(15-17-26)24-12-10-22(11-13-24)18-21(2)23-8-5-4-6-9-23/h4-6,8-13,19-21,25-26H,3,7,14-18H2,1-2H3. The first kappa shape index (κ1) is 25.1. The minimum absolute atomic E-state index is 0.0488. The molecule has 0 saturated heterocycles. The Morgan fingerprint density at radius 1 is 0.943 bits per heavy atom. The first-order valence-electron chi connectivity index (χ1n) is 12.8. The van der Waals surface area contributed by atoms with Gasteiger partial charge in [-0.1, -0.05) is 74.9 Å². The number of hydrogen-bond acceptors (Lipinski definition) is 2. The highest BCUT2D eigenvalue weighted by atomic mass is 19.1. The van der Waals surface area contributed by atoms with Crippen molar-refractivity contribution >= 4 is 5.97 Å². The summed E-state index contributed by atoms with van der Waals surface area (Å²) in [5.74, 6) is -1.10. The van der Waals surface area contributed by atoms with Crippen molar-refractivity contribution in [3.63, 3.8) is 0 Å². The Morgan fingerprint density at radius 3 is 2.17 bits per heavy atom. The topological polar surface area (TPSA) is 26.3 Å². The van der Waals surface area contributed by atoms with Gasteiger partial charge in [0, 0.05) is 17.7 Å². The van der Waals surface area contributed by atoms with Gasteiger partial charge in [-0.15, -0.1) is 0 Å². The number of carbonyl (C=O) groups excluding carboxylic acids is 1. The number of ether oxygens (including phenoxy) is 1. The zero-order chi connectivity index (χ0) is 24.8. The van der Waals surface area contributed by atoms with Crippen LogP contribution in [-0.2, 0) is 17.6 Å². The summed E-state index contributed by atoms with van der Waals surface area (Å²) in [5, 5.41) is 0. The van der Waals surface area contributed by atoms with Crippen LogP contribution in [-0.4, -0.2) is 5.97 Å². The van der Waals surface area contributed by atoms with E-state index in [1.807, 2.05) is 13.0 Å². The first-order chi connectivity index (χ1) is 16.9. The molecule has 0 heterocycles. The number of rotatable bonds is 8. The minimum atomic E-state index is -0.653. The summed E-state index contributed by atoms with van der Waals surface area (Å²) in [6.07, 6.45) is 5.21. The molecule has 1 aliphatic carbocycles. The molecule has 2 nitrogen and oxygen atoms in total. The van der Waals surface area contributed by atoms with Gasteiger partial charge in [0.25, 0.3) is 0 Å². The maximum atomic E-state index is 14.2. The predicted molar refractivity (Wildman–Crippen MR) is 136 cm³/mol. The monoisotopic (exact) mass is 476 g/mol. The summed E-state index contributed by atoms with van der Waals surface area (Å²) in [6.45, 7) is 4.12. The van der Waals surface area contributed by atoms with Crippen LogP contribution in [0.2, 0.25) is 0 Å². The van der Waals surface area contributed by atoms with Crippen LogP contribution in [0.1, 0.15) is 80.0 Å². The molecule has 0 bridgehead atoms. The van der Waals surface area contributed by atoms with Crippen molar-refractivity contribution in [3.05, 3.63) is 101 Å². The van der Waals surface area contributed by atoms with Gasteiger partial charge in [-0.3, -0.25) is 4.79 Å². The van der Waals surface area contributed by atoms with E-state index in [1.54, 1.807) is 0 Å². The molecule has 0 N–H and O–H groups in total. The van der Waals surface area contributed by atoms with Gasteiger partial charge < -0.3 is 4.74 Å². The van der Waals surface area contributed by atoms with Crippen LogP contribution in [0.15, 0.2) is 66.7 Å². The summed E-state index contributed by atoms with van der Waals surface area (Å²) in [5.41, 5.74) is 4.04. The van der Waals surface area contributed by atoms with Gasteiger partial charge in [0.2, 0.25) is 0 Å². The third-order valence-electron chi connectivity index (χ3n) is 7.26. The minimum Gasteiger partial charge on any atom is -0.426 e. The van der Waals surface area contributed by atoms with Gasteiger partial charge in [-0.2, -0.15) is 0 Å². The zero-order valence-corrected chi connectivity index (χ0v) is 20.6. The average Bonchev–Trinajstić information content (AvgIpc) is 2.87. The van der Waals surface area contributed by atoms with E-state index in [2.05, 4.69) is 55.5 Å². The Labute approximate surface area is 207 Å². The van der Waals surface area contributed by atoms with Gasteiger partial charge in [0.15, 0.2) is 0 Å². The molecule has 1 atom stereocenters. The Hall–Kier alpha value is -3.01. The van der Waals surface area contributed by atoms with E-state index < -0.39 is 17.6 Å². The zero-order valence-electron chi connectivity index (χ0n) is 20.6. The summed E-state index contributed by atoms with van der Waals surface area (Å²) in [7, 11) is 0. The van der Waals surface area contributed by atoms with E-state index >= 15 is 0 Å². The third kappa shape index (κ3) is 6.36. The fourth-order valence-corrected chi connectivity index (χ4v) is 5.17. The molecule has 0 spiro atoms. The molecule has 4 heteroatoms. The lowest BCUT2D eigenvalue weighted by Crippen LogP contribution is -2.25. The molecule has 184 valence electrons. The van der Waals surface area contributed by atoms with Crippen LogP contribution < -0.4 is 4.74 Å². The molecule has 1 unspecified atom stereocenters. The van der Waals surface area contributed by atoms with Crippen LogP contribution in [0.4, 0.5) is 8.78 Å². The van der Waals surface area contributed by atoms with E-state index in [-0.39, 0.29) is 17.2 Å². The number of carbonyl (C=O) groups is 1. The van der Waals surface area contributed by atoms with Crippen LogP contribution in [0.3, 0.4) is 0 Å². The normalized spacial score (nSPS) is 18.7. The van der Waals surface area contributed by atoms with Crippen molar-refractivity contribution < 1.29 is 18.3 Å². The molecule has 4 rings (SSSR count). The number of hydrogen-bond donors (Lipinski definition) is 0. The molecule has 0 radical (unpaired) electrons. The fraction of sp³-hybridized carbons (Fsp3) is 0.387. The molecule has 1 aliphatic rings. The van der Waals surface area contributed by atoms with Crippen molar-refractivity contribution in [2.45, 2.75) is 70.6 Å². The molecule has 0 amide bonds. The average molecular weight is 477 g/mol. The van der Waals surface area contributed by atoms with E-state index in [9.17, 15) is 13.6 Å². The number of esters is 1. The van der Waals surface area contributed by atoms with Gasteiger partial charge in [0.05, 0.1) is 5.92 Å². The Bertz CT molecular complexity index is 1090.